The molecule has 1 aliphatic rings. The lowest BCUT2D eigenvalue weighted by atomic mass is 9.89. The second kappa shape index (κ2) is 5.74. The zero-order chi connectivity index (χ0) is 13.1. The Kier molecular flexibility index (Phi) is 4.27. The van der Waals surface area contributed by atoms with Crippen molar-refractivity contribution in [1.29, 1.82) is 0 Å². The number of nitrogens with one attached hydrogen (secondary N) is 1. The van der Waals surface area contributed by atoms with E-state index in [1.165, 1.54) is 31.2 Å². The highest BCUT2D eigenvalue weighted by Crippen LogP contribution is 2.29. The van der Waals surface area contributed by atoms with E-state index in [0.29, 0.717) is 6.10 Å². The Bertz CT molecular complexity index is 392. The van der Waals surface area contributed by atoms with E-state index in [-0.39, 0.29) is 0 Å². The van der Waals surface area contributed by atoms with Gasteiger partial charge in [-0.3, -0.25) is 0 Å². The Morgan fingerprint density at radius 2 is 2.00 bits per heavy atom. The van der Waals surface area contributed by atoms with Gasteiger partial charge in [-0.25, -0.2) is 4.68 Å². The van der Waals surface area contributed by atoms with Crippen molar-refractivity contribution in [3.05, 3.63) is 11.3 Å². The number of aryl methyl sites for hydroxylation is 2. The van der Waals surface area contributed by atoms with Gasteiger partial charge in [0.1, 0.15) is 6.10 Å². The zero-order valence-corrected chi connectivity index (χ0v) is 12.0. The maximum Gasteiger partial charge on any atom is 0.216 e. The predicted molar refractivity (Wildman–Crippen MR) is 72.8 cm³/mol. The highest BCUT2D eigenvalue weighted by atomic mass is 16.5. The number of hydrogen-bond donors (Lipinski definition) is 1. The van der Waals surface area contributed by atoms with Crippen molar-refractivity contribution in [1.82, 2.24) is 15.1 Å². The predicted octanol–water partition coefficient (Wildman–Crippen LogP) is 2.41. The highest BCUT2D eigenvalue weighted by molar-refractivity contribution is 5.31. The number of aromatic nitrogens is 2. The first-order chi connectivity index (χ1) is 8.61. The lowest BCUT2D eigenvalue weighted by molar-refractivity contribution is 0.123. The molecule has 2 rings (SSSR count). The van der Waals surface area contributed by atoms with Crippen LogP contribution < -0.4 is 10.1 Å². The Balaban J connectivity index is 2.08. The molecule has 1 aliphatic carbocycles. The minimum Gasteiger partial charge on any atom is -0.474 e. The van der Waals surface area contributed by atoms with Gasteiger partial charge in [-0.05, 0) is 45.6 Å². The standard InChI is InChI=1S/C14H25N3O/c1-10-5-7-12(8-6-10)18-14-13(9-15-3)11(2)16-17(14)4/h10,12,15H,5-9H2,1-4H3. The highest BCUT2D eigenvalue weighted by Gasteiger charge is 2.23. The lowest BCUT2D eigenvalue weighted by Crippen LogP contribution is -2.24. The van der Waals surface area contributed by atoms with Gasteiger partial charge in [-0.1, -0.05) is 6.92 Å². The molecule has 0 amide bonds. The Hall–Kier alpha value is -1.03. The van der Waals surface area contributed by atoms with E-state index in [2.05, 4.69) is 17.3 Å². The van der Waals surface area contributed by atoms with Gasteiger partial charge in [-0.15, -0.1) is 0 Å². The van der Waals surface area contributed by atoms with Crippen LogP contribution in [0.5, 0.6) is 5.88 Å². The third kappa shape index (κ3) is 2.86. The van der Waals surface area contributed by atoms with Crippen LogP contribution in [0.4, 0.5) is 0 Å². The Labute approximate surface area is 110 Å². The van der Waals surface area contributed by atoms with Crippen molar-refractivity contribution in [3.63, 3.8) is 0 Å². The molecule has 4 nitrogen and oxygen atoms in total. The molecule has 18 heavy (non-hydrogen) atoms. The van der Waals surface area contributed by atoms with Crippen LogP contribution in [-0.2, 0) is 13.6 Å². The van der Waals surface area contributed by atoms with Crippen LogP contribution in [0.3, 0.4) is 0 Å². The van der Waals surface area contributed by atoms with Crippen LogP contribution in [0.1, 0.15) is 43.9 Å². The molecule has 1 fully saturated rings. The molecule has 0 aromatic carbocycles. The molecule has 1 heterocycles. The average molecular weight is 251 g/mol. The molecule has 0 bridgehead atoms. The summed E-state index contributed by atoms with van der Waals surface area (Å²) in [6.45, 7) is 5.19. The molecule has 0 unspecified atom stereocenters. The topological polar surface area (TPSA) is 39.1 Å². The average Bonchev–Trinajstić information content (AvgIpc) is 2.59. The monoisotopic (exact) mass is 251 g/mol. The van der Waals surface area contributed by atoms with Gasteiger partial charge in [0.05, 0.1) is 11.3 Å². The van der Waals surface area contributed by atoms with Crippen molar-refractivity contribution >= 4 is 0 Å². The largest absolute Gasteiger partial charge is 0.474 e. The molecule has 102 valence electrons. The van der Waals surface area contributed by atoms with Crippen LogP contribution >= 0.6 is 0 Å². The molecule has 1 N–H and O–H groups in total. The van der Waals surface area contributed by atoms with E-state index in [0.717, 1.165) is 24.0 Å². The van der Waals surface area contributed by atoms with Crippen LogP contribution in [0.2, 0.25) is 0 Å². The first-order valence-electron chi connectivity index (χ1n) is 6.95. The minimum atomic E-state index is 0.367. The van der Waals surface area contributed by atoms with E-state index >= 15 is 0 Å². The van der Waals surface area contributed by atoms with Crippen LogP contribution in [0.15, 0.2) is 0 Å². The molecule has 0 saturated heterocycles. The van der Waals surface area contributed by atoms with Crippen LogP contribution in [0, 0.1) is 12.8 Å². The fraction of sp³-hybridized carbons (Fsp3) is 0.786. The summed E-state index contributed by atoms with van der Waals surface area (Å²) < 4.78 is 8.07. The zero-order valence-electron chi connectivity index (χ0n) is 12.0. The molecule has 0 spiro atoms. The second-order valence-corrected chi connectivity index (χ2v) is 5.52. The molecule has 0 radical (unpaired) electrons. The SMILES string of the molecule is CNCc1c(C)nn(C)c1OC1CCC(C)CC1. The summed E-state index contributed by atoms with van der Waals surface area (Å²) in [5.41, 5.74) is 2.25. The molecule has 1 aromatic heterocycles. The molecular formula is C14H25N3O. The number of rotatable bonds is 4. The number of ether oxygens (including phenoxy) is 1. The summed E-state index contributed by atoms with van der Waals surface area (Å²) in [7, 11) is 3.92. The summed E-state index contributed by atoms with van der Waals surface area (Å²) in [5.74, 6) is 1.80. The molecule has 1 aromatic rings. The maximum absolute atomic E-state index is 6.20. The van der Waals surface area contributed by atoms with E-state index in [1.54, 1.807) is 0 Å². The summed E-state index contributed by atoms with van der Waals surface area (Å²) in [6, 6.07) is 0. The van der Waals surface area contributed by atoms with Gasteiger partial charge < -0.3 is 10.1 Å². The summed E-state index contributed by atoms with van der Waals surface area (Å²) >= 11 is 0. The number of hydrogen-bond acceptors (Lipinski definition) is 3. The molecule has 1 saturated carbocycles. The molecule has 0 atom stereocenters. The van der Waals surface area contributed by atoms with Gasteiger partial charge in [0, 0.05) is 13.6 Å². The van der Waals surface area contributed by atoms with Gasteiger partial charge in [0.15, 0.2) is 0 Å². The first-order valence-corrected chi connectivity index (χ1v) is 6.95. The first kappa shape index (κ1) is 13.4. The van der Waals surface area contributed by atoms with Gasteiger partial charge in [-0.2, -0.15) is 5.10 Å². The Morgan fingerprint density at radius 3 is 2.61 bits per heavy atom. The van der Waals surface area contributed by atoms with E-state index in [4.69, 9.17) is 4.74 Å². The van der Waals surface area contributed by atoms with E-state index < -0.39 is 0 Å². The van der Waals surface area contributed by atoms with Crippen molar-refractivity contribution in [2.75, 3.05) is 7.05 Å². The van der Waals surface area contributed by atoms with Crippen molar-refractivity contribution in [2.24, 2.45) is 13.0 Å². The third-order valence-electron chi connectivity index (χ3n) is 3.88. The molecule has 4 heteroatoms. The van der Waals surface area contributed by atoms with Gasteiger partial charge >= 0.3 is 0 Å². The fourth-order valence-corrected chi connectivity index (χ4v) is 2.71. The minimum absolute atomic E-state index is 0.367. The van der Waals surface area contributed by atoms with E-state index in [1.807, 2.05) is 25.7 Å². The van der Waals surface area contributed by atoms with Crippen molar-refractivity contribution in [3.8, 4) is 5.88 Å². The third-order valence-corrected chi connectivity index (χ3v) is 3.88. The van der Waals surface area contributed by atoms with Crippen LogP contribution in [-0.4, -0.2) is 22.9 Å². The van der Waals surface area contributed by atoms with Gasteiger partial charge in [0.25, 0.3) is 0 Å². The quantitative estimate of drug-likeness (QED) is 0.893. The smallest absolute Gasteiger partial charge is 0.216 e. The molecule has 0 aliphatic heterocycles. The fourth-order valence-electron chi connectivity index (χ4n) is 2.71. The van der Waals surface area contributed by atoms with Crippen molar-refractivity contribution in [2.45, 2.75) is 52.2 Å². The van der Waals surface area contributed by atoms with Crippen LogP contribution in [0.25, 0.3) is 0 Å². The normalized spacial score (nSPS) is 24.2. The summed E-state index contributed by atoms with van der Waals surface area (Å²) in [6.07, 6.45) is 5.27. The second-order valence-electron chi connectivity index (χ2n) is 5.52. The lowest BCUT2D eigenvalue weighted by Gasteiger charge is -2.27. The number of nitrogens with zero attached hydrogens (tertiary/aromatic N) is 2. The van der Waals surface area contributed by atoms with Gasteiger partial charge in [0.2, 0.25) is 5.88 Å². The molecular weight excluding hydrogens is 226 g/mol. The maximum atomic E-state index is 6.20. The van der Waals surface area contributed by atoms with Crippen molar-refractivity contribution < 1.29 is 4.74 Å². The van der Waals surface area contributed by atoms with E-state index in [9.17, 15) is 0 Å². The summed E-state index contributed by atoms with van der Waals surface area (Å²) in [5, 5.41) is 7.65. The Morgan fingerprint density at radius 1 is 1.33 bits per heavy atom. The summed E-state index contributed by atoms with van der Waals surface area (Å²) in [4.78, 5) is 0.